The summed E-state index contributed by atoms with van der Waals surface area (Å²) >= 11 is 0. The van der Waals surface area contributed by atoms with E-state index in [1.165, 1.54) is 19.3 Å². The molecular formula is C21H22N4O3. The summed E-state index contributed by atoms with van der Waals surface area (Å²) in [6.07, 6.45) is 5.75. The average molecular weight is 378 g/mol. The largest absolute Gasteiger partial charge is 0.493 e. The molecule has 1 aromatic carbocycles. The number of fused-ring (bicyclic) bond motifs is 2. The van der Waals surface area contributed by atoms with E-state index in [9.17, 15) is 0 Å². The number of anilines is 1. The third-order valence-electron chi connectivity index (χ3n) is 5.77. The summed E-state index contributed by atoms with van der Waals surface area (Å²) in [7, 11) is 3.19. The molecule has 28 heavy (non-hydrogen) atoms. The maximum atomic E-state index is 5.48. The molecule has 2 bridgehead atoms. The average Bonchev–Trinajstić information content (AvgIpc) is 3.50. The predicted molar refractivity (Wildman–Crippen MR) is 105 cm³/mol. The Bertz CT molecular complexity index is 986. The lowest BCUT2D eigenvalue weighted by Gasteiger charge is -2.27. The van der Waals surface area contributed by atoms with E-state index >= 15 is 0 Å². The van der Waals surface area contributed by atoms with Crippen LogP contribution in [0.2, 0.25) is 0 Å². The number of aromatic nitrogens is 3. The molecule has 0 unspecified atom stereocenters. The number of nitrogens with zero attached hydrogens (tertiary/aromatic N) is 4. The van der Waals surface area contributed by atoms with Crippen LogP contribution in [0.25, 0.3) is 22.8 Å². The van der Waals surface area contributed by atoms with Gasteiger partial charge in [-0.1, -0.05) is 11.2 Å². The standard InChI is InChI=1S/C21H22N4O3/c1-26-17-5-3-4-16(19(17)27-2)20-23-21(28-24-20)14-7-9-18(22-11-14)25-12-13-6-8-15(25)10-13/h3-5,7,9,11,13,15H,6,8,10,12H2,1-2H3/t13-,15-/m0/s1. The van der Waals surface area contributed by atoms with Gasteiger partial charge >= 0.3 is 0 Å². The van der Waals surface area contributed by atoms with E-state index < -0.39 is 0 Å². The van der Waals surface area contributed by atoms with Gasteiger partial charge in [0, 0.05) is 18.8 Å². The Morgan fingerprint density at radius 3 is 2.71 bits per heavy atom. The van der Waals surface area contributed by atoms with Gasteiger partial charge in [-0.15, -0.1) is 0 Å². The molecule has 3 aromatic rings. The molecule has 144 valence electrons. The Kier molecular flexibility index (Phi) is 4.15. The summed E-state index contributed by atoms with van der Waals surface area (Å²) in [5.41, 5.74) is 1.52. The van der Waals surface area contributed by atoms with Crippen LogP contribution in [0.3, 0.4) is 0 Å². The van der Waals surface area contributed by atoms with Gasteiger partial charge in [0.05, 0.1) is 25.3 Å². The highest BCUT2D eigenvalue weighted by molar-refractivity contribution is 5.70. The molecule has 2 atom stereocenters. The molecule has 0 N–H and O–H groups in total. The van der Waals surface area contributed by atoms with Crippen LogP contribution in [0.1, 0.15) is 19.3 Å². The maximum Gasteiger partial charge on any atom is 0.259 e. The van der Waals surface area contributed by atoms with Gasteiger partial charge in [0.1, 0.15) is 5.82 Å². The van der Waals surface area contributed by atoms with Gasteiger partial charge in [-0.05, 0) is 49.4 Å². The third kappa shape index (κ3) is 2.78. The minimum atomic E-state index is 0.432. The van der Waals surface area contributed by atoms with Crippen molar-refractivity contribution >= 4 is 5.82 Å². The van der Waals surface area contributed by atoms with Crippen molar-refractivity contribution in [2.75, 3.05) is 25.7 Å². The quantitative estimate of drug-likeness (QED) is 0.668. The molecule has 0 amide bonds. The second-order valence-electron chi connectivity index (χ2n) is 7.35. The highest BCUT2D eigenvalue weighted by Crippen LogP contribution is 2.40. The zero-order valence-electron chi connectivity index (χ0n) is 16.0. The highest BCUT2D eigenvalue weighted by Gasteiger charge is 2.38. The maximum absolute atomic E-state index is 5.48. The minimum Gasteiger partial charge on any atom is -0.493 e. The third-order valence-corrected chi connectivity index (χ3v) is 5.77. The first-order valence-electron chi connectivity index (χ1n) is 9.55. The van der Waals surface area contributed by atoms with Crippen LogP contribution in [0.5, 0.6) is 11.5 Å². The molecule has 1 aliphatic heterocycles. The summed E-state index contributed by atoms with van der Waals surface area (Å²) < 4.78 is 16.3. The molecule has 0 radical (unpaired) electrons. The lowest BCUT2D eigenvalue weighted by atomic mass is 10.1. The van der Waals surface area contributed by atoms with E-state index in [0.717, 1.165) is 29.4 Å². The van der Waals surface area contributed by atoms with E-state index in [0.29, 0.717) is 29.3 Å². The van der Waals surface area contributed by atoms with Crippen molar-refractivity contribution in [3.8, 4) is 34.3 Å². The zero-order chi connectivity index (χ0) is 19.1. The number of pyridine rings is 1. The molecule has 1 saturated heterocycles. The SMILES string of the molecule is COc1cccc(-c2noc(-c3ccc(N4C[C@H]5CC[C@H]4C5)nc3)n2)c1OC. The molecule has 1 aliphatic carbocycles. The number of piperidine rings is 1. The fourth-order valence-corrected chi connectivity index (χ4v) is 4.40. The van der Waals surface area contributed by atoms with Crippen LogP contribution < -0.4 is 14.4 Å². The van der Waals surface area contributed by atoms with Gasteiger partial charge in [0.15, 0.2) is 11.5 Å². The molecule has 7 nitrogen and oxygen atoms in total. The molecular weight excluding hydrogens is 356 g/mol. The van der Waals surface area contributed by atoms with Crippen LogP contribution in [0, 0.1) is 5.92 Å². The molecule has 2 aromatic heterocycles. The topological polar surface area (TPSA) is 73.5 Å². The Hall–Kier alpha value is -3.09. The van der Waals surface area contributed by atoms with E-state index in [1.54, 1.807) is 20.4 Å². The minimum absolute atomic E-state index is 0.432. The van der Waals surface area contributed by atoms with Gasteiger partial charge in [-0.2, -0.15) is 4.98 Å². The Balaban J connectivity index is 1.41. The van der Waals surface area contributed by atoms with Gasteiger partial charge < -0.3 is 18.9 Å². The number of ether oxygens (including phenoxy) is 2. The number of hydrogen-bond acceptors (Lipinski definition) is 7. The van der Waals surface area contributed by atoms with E-state index in [4.69, 9.17) is 14.0 Å². The Labute approximate surface area is 163 Å². The lowest BCUT2D eigenvalue weighted by Crippen LogP contribution is -2.32. The van der Waals surface area contributed by atoms with Crippen molar-refractivity contribution < 1.29 is 14.0 Å². The fraction of sp³-hybridized carbons (Fsp3) is 0.381. The van der Waals surface area contributed by atoms with Gasteiger partial charge in [-0.3, -0.25) is 0 Å². The van der Waals surface area contributed by atoms with Crippen molar-refractivity contribution in [3.63, 3.8) is 0 Å². The Morgan fingerprint density at radius 1 is 1.11 bits per heavy atom. The first-order valence-corrected chi connectivity index (χ1v) is 9.55. The summed E-state index contributed by atoms with van der Waals surface area (Å²) in [5, 5.41) is 4.12. The number of methoxy groups -OCH3 is 2. The number of benzene rings is 1. The molecule has 1 saturated carbocycles. The first-order chi connectivity index (χ1) is 13.8. The van der Waals surface area contributed by atoms with Crippen LogP contribution in [-0.4, -0.2) is 41.9 Å². The molecule has 5 rings (SSSR count). The van der Waals surface area contributed by atoms with Crippen molar-refractivity contribution in [1.29, 1.82) is 0 Å². The summed E-state index contributed by atoms with van der Waals surface area (Å²) in [4.78, 5) is 11.6. The number of para-hydroxylation sites is 1. The van der Waals surface area contributed by atoms with Crippen LogP contribution >= 0.6 is 0 Å². The normalized spacial score (nSPS) is 20.6. The molecule has 7 heteroatoms. The number of hydrogen-bond donors (Lipinski definition) is 0. The van der Waals surface area contributed by atoms with Crippen LogP contribution in [-0.2, 0) is 0 Å². The van der Waals surface area contributed by atoms with Crippen molar-refractivity contribution in [2.45, 2.75) is 25.3 Å². The van der Waals surface area contributed by atoms with Crippen molar-refractivity contribution in [3.05, 3.63) is 36.5 Å². The zero-order valence-corrected chi connectivity index (χ0v) is 16.0. The lowest BCUT2D eigenvalue weighted by molar-refractivity contribution is 0.355. The second-order valence-corrected chi connectivity index (χ2v) is 7.35. The summed E-state index contributed by atoms with van der Waals surface area (Å²) in [6.45, 7) is 1.12. The van der Waals surface area contributed by atoms with Crippen molar-refractivity contribution in [2.24, 2.45) is 5.92 Å². The van der Waals surface area contributed by atoms with Gasteiger partial charge in [0.25, 0.3) is 5.89 Å². The van der Waals surface area contributed by atoms with Gasteiger partial charge in [-0.25, -0.2) is 4.98 Å². The molecule has 2 aliphatic rings. The summed E-state index contributed by atoms with van der Waals surface area (Å²) in [6, 6.07) is 10.3. The van der Waals surface area contributed by atoms with E-state index in [1.807, 2.05) is 30.3 Å². The monoisotopic (exact) mass is 378 g/mol. The molecule has 3 heterocycles. The van der Waals surface area contributed by atoms with Crippen molar-refractivity contribution in [1.82, 2.24) is 15.1 Å². The second kappa shape index (κ2) is 6.82. The molecule has 2 fully saturated rings. The Morgan fingerprint density at radius 2 is 2.04 bits per heavy atom. The predicted octanol–water partition coefficient (Wildman–Crippen LogP) is 3.80. The van der Waals surface area contributed by atoms with E-state index in [2.05, 4.69) is 20.0 Å². The summed E-state index contributed by atoms with van der Waals surface area (Å²) in [5.74, 6) is 3.95. The fourth-order valence-electron chi connectivity index (χ4n) is 4.40. The van der Waals surface area contributed by atoms with E-state index in [-0.39, 0.29) is 0 Å². The van der Waals surface area contributed by atoms with Gasteiger partial charge in [0.2, 0.25) is 5.82 Å². The molecule has 0 spiro atoms. The van der Waals surface area contributed by atoms with Crippen LogP contribution in [0.15, 0.2) is 41.1 Å². The first kappa shape index (κ1) is 17.0. The number of rotatable bonds is 5. The highest BCUT2D eigenvalue weighted by atomic mass is 16.5. The smallest absolute Gasteiger partial charge is 0.259 e. The van der Waals surface area contributed by atoms with Crippen LogP contribution in [0.4, 0.5) is 5.82 Å².